The molecule has 1 aromatic carbocycles. The van der Waals surface area contributed by atoms with Crippen LogP contribution >= 0.6 is 0 Å². The third kappa shape index (κ3) is 2.33. The Balaban J connectivity index is 1.87. The fourth-order valence-electron chi connectivity index (χ4n) is 2.94. The van der Waals surface area contributed by atoms with Gasteiger partial charge in [0.15, 0.2) is 0 Å². The van der Waals surface area contributed by atoms with Crippen molar-refractivity contribution in [2.24, 2.45) is 0 Å². The number of carbonyl (C=O) groups is 1. The predicted molar refractivity (Wildman–Crippen MR) is 76.1 cm³/mol. The van der Waals surface area contributed by atoms with Gasteiger partial charge in [-0.15, -0.1) is 0 Å². The molecule has 1 aliphatic carbocycles. The lowest BCUT2D eigenvalue weighted by molar-refractivity contribution is -0.117. The van der Waals surface area contributed by atoms with Crippen LogP contribution in [0.3, 0.4) is 0 Å². The molecule has 3 rings (SSSR count). The van der Waals surface area contributed by atoms with Crippen molar-refractivity contribution >= 4 is 21.6 Å². The van der Waals surface area contributed by atoms with Crippen molar-refractivity contribution < 1.29 is 13.2 Å². The molecule has 0 saturated heterocycles. The zero-order valence-corrected chi connectivity index (χ0v) is 12.2. The van der Waals surface area contributed by atoms with Crippen molar-refractivity contribution in [1.82, 2.24) is 4.72 Å². The first kappa shape index (κ1) is 13.6. The molecule has 20 heavy (non-hydrogen) atoms. The Kier molecular flexibility index (Phi) is 3.30. The number of benzene rings is 1. The van der Waals surface area contributed by atoms with Crippen LogP contribution in [-0.2, 0) is 21.2 Å². The summed E-state index contributed by atoms with van der Waals surface area (Å²) in [7, 11) is -1.77. The molecular weight excluding hydrogens is 276 g/mol. The van der Waals surface area contributed by atoms with E-state index in [1.54, 1.807) is 30.1 Å². The molecule has 2 aliphatic rings. The van der Waals surface area contributed by atoms with Crippen LogP contribution in [0, 0.1) is 0 Å². The van der Waals surface area contributed by atoms with Crippen LogP contribution in [0.2, 0.25) is 0 Å². The molecule has 0 bridgehead atoms. The Labute approximate surface area is 119 Å². The first-order chi connectivity index (χ1) is 9.47. The lowest BCUT2D eigenvalue weighted by atomic mass is 10.2. The summed E-state index contributed by atoms with van der Waals surface area (Å²) in [5.41, 5.74) is 1.58. The van der Waals surface area contributed by atoms with E-state index >= 15 is 0 Å². The van der Waals surface area contributed by atoms with Gasteiger partial charge >= 0.3 is 0 Å². The minimum absolute atomic E-state index is 0.00157. The van der Waals surface area contributed by atoms with E-state index in [-0.39, 0.29) is 23.3 Å². The molecule has 1 fully saturated rings. The fraction of sp³-hybridized carbons (Fsp3) is 0.500. The highest BCUT2D eigenvalue weighted by atomic mass is 32.2. The highest BCUT2D eigenvalue weighted by Gasteiger charge is 2.27. The van der Waals surface area contributed by atoms with Crippen LogP contribution in [0.15, 0.2) is 23.1 Å². The van der Waals surface area contributed by atoms with E-state index in [9.17, 15) is 13.2 Å². The maximum Gasteiger partial charge on any atom is 0.240 e. The third-order valence-corrected chi connectivity index (χ3v) is 5.63. The van der Waals surface area contributed by atoms with Crippen molar-refractivity contribution in [1.29, 1.82) is 0 Å². The number of likely N-dealkylation sites (N-methyl/N-ethyl adjacent to an activating group) is 1. The molecule has 1 N–H and O–H groups in total. The van der Waals surface area contributed by atoms with Crippen LogP contribution in [0.1, 0.15) is 31.2 Å². The fourth-order valence-corrected chi connectivity index (χ4v) is 4.30. The summed E-state index contributed by atoms with van der Waals surface area (Å²) in [5, 5.41) is 0. The minimum Gasteiger partial charge on any atom is -0.315 e. The molecule has 0 radical (unpaired) electrons. The van der Waals surface area contributed by atoms with Crippen LogP contribution in [0.4, 0.5) is 5.69 Å². The molecule has 0 atom stereocenters. The molecule has 1 saturated carbocycles. The number of sulfonamides is 1. The molecule has 0 aromatic heterocycles. The standard InChI is InChI=1S/C14H18N2O3S/c1-16-13-7-6-12(8-10(13)9-14(16)17)20(18,19)15-11-4-2-3-5-11/h6-8,11,15H,2-5,9H2,1H3. The summed E-state index contributed by atoms with van der Waals surface area (Å²) in [6, 6.07) is 4.96. The quantitative estimate of drug-likeness (QED) is 0.917. The molecule has 6 heteroatoms. The third-order valence-electron chi connectivity index (χ3n) is 4.12. The topological polar surface area (TPSA) is 66.5 Å². The maximum atomic E-state index is 12.3. The number of hydrogen-bond acceptors (Lipinski definition) is 3. The van der Waals surface area contributed by atoms with E-state index in [0.717, 1.165) is 36.9 Å². The minimum atomic E-state index is -3.48. The van der Waals surface area contributed by atoms with Crippen molar-refractivity contribution in [2.75, 3.05) is 11.9 Å². The number of nitrogens with zero attached hydrogens (tertiary/aromatic N) is 1. The van der Waals surface area contributed by atoms with E-state index in [0.29, 0.717) is 0 Å². The first-order valence-corrected chi connectivity index (χ1v) is 8.37. The zero-order chi connectivity index (χ0) is 14.3. The van der Waals surface area contributed by atoms with Crippen LogP contribution in [0.5, 0.6) is 0 Å². The molecule has 0 unspecified atom stereocenters. The van der Waals surface area contributed by atoms with E-state index in [1.165, 1.54) is 0 Å². The molecule has 0 spiro atoms. The van der Waals surface area contributed by atoms with E-state index in [1.807, 2.05) is 0 Å². The summed E-state index contributed by atoms with van der Waals surface area (Å²) >= 11 is 0. The van der Waals surface area contributed by atoms with E-state index < -0.39 is 10.0 Å². The molecular formula is C14H18N2O3S. The number of nitrogens with one attached hydrogen (secondary N) is 1. The van der Waals surface area contributed by atoms with Crippen molar-refractivity contribution in [3.05, 3.63) is 23.8 Å². The largest absolute Gasteiger partial charge is 0.315 e. The second kappa shape index (κ2) is 4.86. The van der Waals surface area contributed by atoms with Gasteiger partial charge in [0.2, 0.25) is 15.9 Å². The van der Waals surface area contributed by atoms with Crippen LogP contribution in [-0.4, -0.2) is 27.4 Å². The van der Waals surface area contributed by atoms with Crippen LogP contribution in [0.25, 0.3) is 0 Å². The number of hydrogen-bond donors (Lipinski definition) is 1. The number of anilines is 1. The van der Waals surface area contributed by atoms with E-state index in [4.69, 9.17) is 0 Å². The van der Waals surface area contributed by atoms with Gasteiger partial charge in [0.05, 0.1) is 11.3 Å². The Hall–Kier alpha value is -1.40. The van der Waals surface area contributed by atoms with Gasteiger partial charge in [-0.1, -0.05) is 12.8 Å². The monoisotopic (exact) mass is 294 g/mol. The van der Waals surface area contributed by atoms with Gasteiger partial charge in [-0.25, -0.2) is 13.1 Å². The Morgan fingerprint density at radius 2 is 1.95 bits per heavy atom. The van der Waals surface area contributed by atoms with Gasteiger partial charge in [-0.05, 0) is 36.6 Å². The van der Waals surface area contributed by atoms with Crippen LogP contribution < -0.4 is 9.62 Å². The van der Waals surface area contributed by atoms with Gasteiger partial charge in [-0.3, -0.25) is 4.79 Å². The van der Waals surface area contributed by atoms with Crippen molar-refractivity contribution in [3.63, 3.8) is 0 Å². The zero-order valence-electron chi connectivity index (χ0n) is 11.4. The number of fused-ring (bicyclic) bond motifs is 1. The second-order valence-electron chi connectivity index (χ2n) is 5.52. The Morgan fingerprint density at radius 1 is 1.25 bits per heavy atom. The number of carbonyl (C=O) groups excluding carboxylic acids is 1. The molecule has 1 heterocycles. The van der Waals surface area contributed by atoms with Gasteiger partial charge in [0.1, 0.15) is 0 Å². The normalized spacial score (nSPS) is 19.6. The Morgan fingerprint density at radius 3 is 2.65 bits per heavy atom. The summed E-state index contributed by atoms with van der Waals surface area (Å²) < 4.78 is 27.4. The predicted octanol–water partition coefficient (Wildman–Crippen LogP) is 1.43. The Bertz CT molecular complexity index is 648. The molecule has 1 amide bonds. The SMILES string of the molecule is CN1C(=O)Cc2cc(S(=O)(=O)NC3CCCC3)ccc21. The maximum absolute atomic E-state index is 12.3. The summed E-state index contributed by atoms with van der Waals surface area (Å²) in [6.07, 6.45) is 4.25. The molecule has 5 nitrogen and oxygen atoms in total. The molecule has 1 aromatic rings. The van der Waals surface area contributed by atoms with Crippen molar-refractivity contribution in [2.45, 2.75) is 43.0 Å². The van der Waals surface area contributed by atoms with Gasteiger partial charge < -0.3 is 4.90 Å². The van der Waals surface area contributed by atoms with E-state index in [2.05, 4.69) is 4.72 Å². The second-order valence-corrected chi connectivity index (χ2v) is 7.24. The average molecular weight is 294 g/mol. The van der Waals surface area contributed by atoms with Gasteiger partial charge in [0, 0.05) is 18.8 Å². The summed E-state index contributed by atoms with van der Waals surface area (Å²) in [5.74, 6) is -0.00157. The van der Waals surface area contributed by atoms with Gasteiger partial charge in [0.25, 0.3) is 0 Å². The lowest BCUT2D eigenvalue weighted by Crippen LogP contribution is -2.32. The molecule has 1 aliphatic heterocycles. The summed E-state index contributed by atoms with van der Waals surface area (Å²) in [6.45, 7) is 0. The highest BCUT2D eigenvalue weighted by molar-refractivity contribution is 7.89. The number of amides is 1. The van der Waals surface area contributed by atoms with Crippen molar-refractivity contribution in [3.8, 4) is 0 Å². The average Bonchev–Trinajstić information content (AvgIpc) is 2.98. The summed E-state index contributed by atoms with van der Waals surface area (Å²) in [4.78, 5) is 13.5. The number of rotatable bonds is 3. The smallest absolute Gasteiger partial charge is 0.240 e. The first-order valence-electron chi connectivity index (χ1n) is 6.89. The highest BCUT2D eigenvalue weighted by Crippen LogP contribution is 2.30. The molecule has 108 valence electrons. The van der Waals surface area contributed by atoms with Gasteiger partial charge in [-0.2, -0.15) is 0 Å². The lowest BCUT2D eigenvalue weighted by Gasteiger charge is -2.14.